The zero-order valence-electron chi connectivity index (χ0n) is 15.6. The Hall–Kier alpha value is -3.48. The van der Waals surface area contributed by atoms with Gasteiger partial charge in [0.2, 0.25) is 0 Å². The Labute approximate surface area is 162 Å². The van der Waals surface area contributed by atoms with Gasteiger partial charge in [0.05, 0.1) is 6.04 Å². The van der Waals surface area contributed by atoms with E-state index in [1.165, 1.54) is 12.1 Å². The molecular weight excluding hydrogens is 357 g/mol. The third kappa shape index (κ3) is 3.93. The van der Waals surface area contributed by atoms with E-state index in [9.17, 15) is 4.39 Å². The molecule has 2 aromatic heterocycles. The van der Waals surface area contributed by atoms with E-state index < -0.39 is 0 Å². The van der Waals surface area contributed by atoms with Gasteiger partial charge in [-0.15, -0.1) is 15.3 Å². The molecule has 0 saturated heterocycles. The molecule has 142 valence electrons. The fourth-order valence-electron chi connectivity index (χ4n) is 2.88. The van der Waals surface area contributed by atoms with Gasteiger partial charge in [0.1, 0.15) is 24.0 Å². The number of halogens is 1. The molecular formula is C21H20FN5O. The van der Waals surface area contributed by atoms with Crippen molar-refractivity contribution in [1.29, 1.82) is 0 Å². The molecule has 0 aliphatic heterocycles. The van der Waals surface area contributed by atoms with Crippen LogP contribution in [0.4, 0.5) is 10.2 Å². The van der Waals surface area contributed by atoms with Crippen LogP contribution in [0.25, 0.3) is 5.65 Å². The van der Waals surface area contributed by atoms with Crippen molar-refractivity contribution in [3.05, 3.63) is 83.4 Å². The number of nitrogens with one attached hydrogen (secondary N) is 1. The molecule has 7 heteroatoms. The number of benzene rings is 2. The van der Waals surface area contributed by atoms with Crippen molar-refractivity contribution in [3.8, 4) is 5.75 Å². The first-order valence-electron chi connectivity index (χ1n) is 9.01. The summed E-state index contributed by atoms with van der Waals surface area (Å²) in [7, 11) is 0. The second-order valence-electron chi connectivity index (χ2n) is 6.59. The fourth-order valence-corrected chi connectivity index (χ4v) is 2.88. The Morgan fingerprint density at radius 2 is 1.75 bits per heavy atom. The quantitative estimate of drug-likeness (QED) is 0.542. The second-order valence-corrected chi connectivity index (χ2v) is 6.59. The van der Waals surface area contributed by atoms with Crippen LogP contribution in [-0.4, -0.2) is 19.8 Å². The molecule has 1 unspecified atom stereocenters. The smallest absolute Gasteiger partial charge is 0.178 e. The zero-order chi connectivity index (χ0) is 19.5. The highest BCUT2D eigenvalue weighted by atomic mass is 19.1. The lowest BCUT2D eigenvalue weighted by atomic mass is 10.1. The maximum atomic E-state index is 12.9. The third-order valence-corrected chi connectivity index (χ3v) is 4.48. The van der Waals surface area contributed by atoms with Crippen molar-refractivity contribution in [2.24, 2.45) is 0 Å². The van der Waals surface area contributed by atoms with E-state index in [4.69, 9.17) is 4.74 Å². The Kier molecular flexibility index (Phi) is 4.89. The molecule has 1 N–H and O–H groups in total. The highest BCUT2D eigenvalue weighted by molar-refractivity contribution is 5.45. The van der Waals surface area contributed by atoms with Gasteiger partial charge in [-0.25, -0.2) is 4.39 Å². The summed E-state index contributed by atoms with van der Waals surface area (Å²) in [4.78, 5) is 0. The Balaban J connectivity index is 1.39. The van der Waals surface area contributed by atoms with Crippen molar-refractivity contribution >= 4 is 11.5 Å². The zero-order valence-corrected chi connectivity index (χ0v) is 15.6. The second kappa shape index (κ2) is 7.64. The molecule has 0 amide bonds. The normalized spacial score (nSPS) is 12.1. The van der Waals surface area contributed by atoms with E-state index in [0.717, 1.165) is 34.2 Å². The van der Waals surface area contributed by atoms with Crippen LogP contribution < -0.4 is 10.1 Å². The lowest BCUT2D eigenvalue weighted by molar-refractivity contribution is 0.306. The molecule has 4 rings (SSSR count). The van der Waals surface area contributed by atoms with Crippen LogP contribution in [-0.2, 0) is 6.61 Å². The van der Waals surface area contributed by atoms with Gasteiger partial charge in [-0.3, -0.25) is 0 Å². The third-order valence-electron chi connectivity index (χ3n) is 4.48. The van der Waals surface area contributed by atoms with Gasteiger partial charge in [-0.05, 0) is 61.4 Å². The first-order chi connectivity index (χ1) is 13.6. The van der Waals surface area contributed by atoms with Crippen molar-refractivity contribution < 1.29 is 9.13 Å². The summed E-state index contributed by atoms with van der Waals surface area (Å²) in [5.74, 6) is 2.01. The van der Waals surface area contributed by atoms with E-state index >= 15 is 0 Å². The Morgan fingerprint density at radius 3 is 2.50 bits per heavy atom. The van der Waals surface area contributed by atoms with Crippen LogP contribution in [0.15, 0.2) is 60.7 Å². The van der Waals surface area contributed by atoms with Gasteiger partial charge in [0, 0.05) is 0 Å². The van der Waals surface area contributed by atoms with Crippen LogP contribution in [0.1, 0.15) is 29.9 Å². The molecule has 28 heavy (non-hydrogen) atoms. The lowest BCUT2D eigenvalue weighted by Gasteiger charge is -2.15. The van der Waals surface area contributed by atoms with Crippen LogP contribution in [0, 0.1) is 12.7 Å². The summed E-state index contributed by atoms with van der Waals surface area (Å²) in [6.07, 6.45) is 0. The van der Waals surface area contributed by atoms with Crippen molar-refractivity contribution in [3.63, 3.8) is 0 Å². The van der Waals surface area contributed by atoms with Crippen LogP contribution in [0.3, 0.4) is 0 Å². The lowest BCUT2D eigenvalue weighted by Crippen LogP contribution is -2.09. The summed E-state index contributed by atoms with van der Waals surface area (Å²) < 4.78 is 20.4. The van der Waals surface area contributed by atoms with E-state index in [1.807, 2.05) is 43.3 Å². The number of hydrogen-bond acceptors (Lipinski definition) is 5. The molecule has 0 aliphatic carbocycles. The first kappa shape index (κ1) is 17.9. The number of aryl methyl sites for hydroxylation is 1. The molecule has 0 fully saturated rings. The minimum absolute atomic E-state index is 0.0629. The largest absolute Gasteiger partial charge is 0.489 e. The number of anilines is 1. The van der Waals surface area contributed by atoms with Crippen LogP contribution in [0.2, 0.25) is 0 Å². The highest BCUT2D eigenvalue weighted by Crippen LogP contribution is 2.21. The molecule has 4 aromatic rings. The first-order valence-corrected chi connectivity index (χ1v) is 9.01. The van der Waals surface area contributed by atoms with E-state index in [2.05, 4.69) is 27.5 Å². The van der Waals surface area contributed by atoms with E-state index in [0.29, 0.717) is 6.61 Å². The monoisotopic (exact) mass is 377 g/mol. The SMILES string of the molecule is Cc1nnc2ccc(NC(C)c3ccc(OCc4ccc(F)cc4)cc3)nn12. The minimum Gasteiger partial charge on any atom is -0.489 e. The average Bonchev–Trinajstić information content (AvgIpc) is 3.08. The minimum atomic E-state index is -0.248. The van der Waals surface area contributed by atoms with Gasteiger partial charge in [-0.1, -0.05) is 24.3 Å². The Morgan fingerprint density at radius 1 is 1.00 bits per heavy atom. The number of ether oxygens (including phenoxy) is 1. The van der Waals surface area contributed by atoms with Gasteiger partial charge < -0.3 is 10.1 Å². The van der Waals surface area contributed by atoms with Crippen LogP contribution in [0.5, 0.6) is 5.75 Å². The highest BCUT2D eigenvalue weighted by Gasteiger charge is 2.09. The molecule has 2 aromatic carbocycles. The molecule has 0 saturated carbocycles. The number of aromatic nitrogens is 4. The standard InChI is InChI=1S/C21H20FN5O/c1-14(23-20-11-12-21-25-24-15(2)27(21)26-20)17-5-9-19(10-6-17)28-13-16-3-7-18(22)8-4-16/h3-12,14H,13H2,1-2H3,(H,23,26). The summed E-state index contributed by atoms with van der Waals surface area (Å²) in [6, 6.07) is 18.0. The predicted molar refractivity (Wildman–Crippen MR) is 105 cm³/mol. The van der Waals surface area contributed by atoms with E-state index in [-0.39, 0.29) is 11.9 Å². The molecule has 6 nitrogen and oxygen atoms in total. The van der Waals surface area contributed by atoms with Gasteiger partial charge in [-0.2, -0.15) is 4.52 Å². The average molecular weight is 377 g/mol. The Bertz CT molecular complexity index is 1080. The maximum Gasteiger partial charge on any atom is 0.178 e. The summed E-state index contributed by atoms with van der Waals surface area (Å²) in [6.45, 7) is 4.33. The molecule has 0 spiro atoms. The molecule has 0 radical (unpaired) electrons. The van der Waals surface area contributed by atoms with Gasteiger partial charge >= 0.3 is 0 Å². The number of hydrogen-bond donors (Lipinski definition) is 1. The number of rotatable bonds is 6. The summed E-state index contributed by atoms with van der Waals surface area (Å²) in [5, 5.41) is 16.0. The van der Waals surface area contributed by atoms with Crippen LogP contribution >= 0.6 is 0 Å². The molecule has 2 heterocycles. The molecule has 0 aliphatic rings. The van der Waals surface area contributed by atoms with Gasteiger partial charge in [0.15, 0.2) is 11.5 Å². The number of nitrogens with zero attached hydrogens (tertiary/aromatic N) is 4. The number of fused-ring (bicyclic) bond motifs is 1. The van der Waals surface area contributed by atoms with Crippen molar-refractivity contribution in [2.45, 2.75) is 26.5 Å². The summed E-state index contributed by atoms with van der Waals surface area (Å²) >= 11 is 0. The maximum absolute atomic E-state index is 12.9. The van der Waals surface area contributed by atoms with Gasteiger partial charge in [0.25, 0.3) is 0 Å². The summed E-state index contributed by atoms with van der Waals surface area (Å²) in [5.41, 5.74) is 2.75. The molecule has 1 atom stereocenters. The van der Waals surface area contributed by atoms with E-state index in [1.54, 1.807) is 16.6 Å². The topological polar surface area (TPSA) is 64.3 Å². The van der Waals surface area contributed by atoms with Crippen molar-refractivity contribution in [1.82, 2.24) is 19.8 Å². The molecule has 0 bridgehead atoms. The predicted octanol–water partition coefficient (Wildman–Crippen LogP) is 4.32. The van der Waals surface area contributed by atoms with Crippen molar-refractivity contribution in [2.75, 3.05) is 5.32 Å². The fraction of sp³-hybridized carbons (Fsp3) is 0.190.